The molecule has 0 unspecified atom stereocenters. The molecule has 5 heteroatoms. The molecular formula is C6H7NaO4. The standard InChI is InChI=1S/C6H7O4.Na/c1-2-3-4(5(7)8)6(9)10;/h2H,1,3H2,(H,7,8)(H,9,10);/q-1;+1. The minimum absolute atomic E-state index is 0. The molecule has 0 atom stereocenters. The van der Waals surface area contributed by atoms with Crippen molar-refractivity contribution >= 4 is 11.9 Å². The maximum atomic E-state index is 10.1. The first-order valence-electron chi connectivity index (χ1n) is 2.53. The molecule has 0 fully saturated rings. The minimum atomic E-state index is -1.41. The molecule has 11 heavy (non-hydrogen) atoms. The Morgan fingerprint density at radius 3 is 1.82 bits per heavy atom. The van der Waals surface area contributed by atoms with Gasteiger partial charge in [0.2, 0.25) is 0 Å². The Morgan fingerprint density at radius 1 is 1.36 bits per heavy atom. The number of carboxylic acids is 2. The summed E-state index contributed by atoms with van der Waals surface area (Å²) in [6.07, 6.45) is 1.11. The summed E-state index contributed by atoms with van der Waals surface area (Å²) in [5.74, 6) is -3.38. The monoisotopic (exact) mass is 166 g/mol. The molecule has 0 aromatic rings. The van der Waals surface area contributed by atoms with Crippen molar-refractivity contribution in [3.05, 3.63) is 18.6 Å². The third-order valence-electron chi connectivity index (χ3n) is 0.865. The summed E-state index contributed by atoms with van der Waals surface area (Å²) < 4.78 is 0. The molecule has 0 rings (SSSR count). The van der Waals surface area contributed by atoms with Crippen molar-refractivity contribution in [2.45, 2.75) is 6.42 Å². The molecule has 2 N–H and O–H groups in total. The maximum absolute atomic E-state index is 10.1. The summed E-state index contributed by atoms with van der Waals surface area (Å²) in [6.45, 7) is 3.22. The van der Waals surface area contributed by atoms with Gasteiger partial charge in [0.1, 0.15) is 0 Å². The second-order valence-corrected chi connectivity index (χ2v) is 1.58. The van der Waals surface area contributed by atoms with Crippen molar-refractivity contribution in [3.8, 4) is 0 Å². The molecule has 0 spiro atoms. The van der Waals surface area contributed by atoms with E-state index in [2.05, 4.69) is 6.58 Å². The quantitative estimate of drug-likeness (QED) is 0.206. The van der Waals surface area contributed by atoms with E-state index in [1.807, 2.05) is 0 Å². The van der Waals surface area contributed by atoms with Crippen LogP contribution in [0, 0.1) is 5.92 Å². The number of carbonyl (C=O) groups is 2. The Labute approximate surface area is 86.2 Å². The summed E-state index contributed by atoms with van der Waals surface area (Å²) in [6, 6.07) is 0. The molecule has 0 saturated heterocycles. The van der Waals surface area contributed by atoms with Gasteiger partial charge in [-0.2, -0.15) is 5.92 Å². The Hall–Kier alpha value is -0.450. The van der Waals surface area contributed by atoms with E-state index in [4.69, 9.17) is 10.2 Å². The molecule has 0 aliphatic heterocycles. The number of allylic oxidation sites excluding steroid dienone is 1. The van der Waals surface area contributed by atoms with Crippen LogP contribution in [0.15, 0.2) is 12.7 Å². The minimum Gasteiger partial charge on any atom is -0.503 e. The van der Waals surface area contributed by atoms with Gasteiger partial charge in [0.05, 0.1) is 0 Å². The topological polar surface area (TPSA) is 74.6 Å². The number of carboxylic acid groups (broad SMARTS) is 2. The third kappa shape index (κ3) is 4.89. The molecular weight excluding hydrogens is 159 g/mol. The zero-order valence-corrected chi connectivity index (χ0v) is 8.20. The van der Waals surface area contributed by atoms with E-state index < -0.39 is 17.9 Å². The number of hydrogen-bond acceptors (Lipinski definition) is 2. The third-order valence-corrected chi connectivity index (χ3v) is 0.865. The largest absolute Gasteiger partial charge is 1.00 e. The van der Waals surface area contributed by atoms with E-state index in [1.165, 1.54) is 6.08 Å². The summed E-state index contributed by atoms with van der Waals surface area (Å²) in [5.41, 5.74) is 0. The fraction of sp³-hybridized carbons (Fsp3) is 0.167. The molecule has 56 valence electrons. The van der Waals surface area contributed by atoms with Crippen molar-refractivity contribution < 1.29 is 49.4 Å². The average molecular weight is 166 g/mol. The van der Waals surface area contributed by atoms with E-state index in [0.29, 0.717) is 0 Å². The van der Waals surface area contributed by atoms with Crippen LogP contribution < -0.4 is 29.6 Å². The van der Waals surface area contributed by atoms with E-state index in [-0.39, 0.29) is 36.0 Å². The smallest absolute Gasteiger partial charge is 0.503 e. The van der Waals surface area contributed by atoms with Crippen molar-refractivity contribution in [3.63, 3.8) is 0 Å². The van der Waals surface area contributed by atoms with Crippen LogP contribution in [0.5, 0.6) is 0 Å². The number of aliphatic carboxylic acids is 2. The van der Waals surface area contributed by atoms with Crippen LogP contribution in [-0.4, -0.2) is 22.2 Å². The normalized spacial score (nSPS) is 7.64. The molecule has 0 aliphatic rings. The molecule has 0 saturated carbocycles. The summed E-state index contributed by atoms with van der Waals surface area (Å²) in [4.78, 5) is 20.1. The predicted octanol–water partition coefficient (Wildman–Crippen LogP) is -2.69. The molecule has 0 amide bonds. The number of rotatable bonds is 4. The molecule has 0 aromatic carbocycles. The molecule has 0 aliphatic carbocycles. The Morgan fingerprint density at radius 2 is 1.73 bits per heavy atom. The van der Waals surface area contributed by atoms with Crippen molar-refractivity contribution in [1.82, 2.24) is 0 Å². The van der Waals surface area contributed by atoms with Crippen LogP contribution in [0.1, 0.15) is 6.42 Å². The van der Waals surface area contributed by atoms with E-state index in [9.17, 15) is 9.59 Å². The summed E-state index contributed by atoms with van der Waals surface area (Å²) >= 11 is 0. The van der Waals surface area contributed by atoms with Crippen LogP contribution in [0.4, 0.5) is 0 Å². The van der Waals surface area contributed by atoms with E-state index >= 15 is 0 Å². The second kappa shape index (κ2) is 6.27. The fourth-order valence-electron chi connectivity index (χ4n) is 0.410. The van der Waals surface area contributed by atoms with Gasteiger partial charge < -0.3 is 10.2 Å². The van der Waals surface area contributed by atoms with Gasteiger partial charge in [0, 0.05) is 0 Å². The van der Waals surface area contributed by atoms with Crippen molar-refractivity contribution in [2.24, 2.45) is 0 Å². The van der Waals surface area contributed by atoms with Gasteiger partial charge in [-0.3, -0.25) is 9.59 Å². The van der Waals surface area contributed by atoms with Gasteiger partial charge in [0.15, 0.2) is 11.9 Å². The SMILES string of the molecule is C=CC[C-](C(=O)O)C(=O)O.[Na+]. The zero-order chi connectivity index (χ0) is 8.15. The zero-order valence-electron chi connectivity index (χ0n) is 6.20. The molecule has 0 aromatic heterocycles. The van der Waals surface area contributed by atoms with Gasteiger partial charge in [-0.25, -0.2) is 0 Å². The van der Waals surface area contributed by atoms with Crippen LogP contribution in [-0.2, 0) is 9.59 Å². The van der Waals surface area contributed by atoms with Crippen molar-refractivity contribution in [2.75, 3.05) is 0 Å². The fourth-order valence-corrected chi connectivity index (χ4v) is 0.410. The molecule has 4 nitrogen and oxygen atoms in total. The number of hydrogen-bond donors (Lipinski definition) is 2. The Balaban J connectivity index is 0. The van der Waals surface area contributed by atoms with Gasteiger partial charge in [-0.15, -0.1) is 19.1 Å². The van der Waals surface area contributed by atoms with Crippen LogP contribution in [0.3, 0.4) is 0 Å². The second-order valence-electron chi connectivity index (χ2n) is 1.58. The maximum Gasteiger partial charge on any atom is 1.00 e. The Bertz CT molecular complexity index is 152. The average Bonchev–Trinajstić information content (AvgIpc) is 1.81. The predicted molar refractivity (Wildman–Crippen MR) is 33.3 cm³/mol. The van der Waals surface area contributed by atoms with Crippen molar-refractivity contribution in [1.29, 1.82) is 0 Å². The molecule has 0 bridgehead atoms. The van der Waals surface area contributed by atoms with Gasteiger partial charge in [-0.05, 0) is 0 Å². The van der Waals surface area contributed by atoms with Crippen LogP contribution in [0.25, 0.3) is 0 Å². The van der Waals surface area contributed by atoms with E-state index in [1.54, 1.807) is 0 Å². The Kier molecular flexibility index (Phi) is 7.51. The van der Waals surface area contributed by atoms with Gasteiger partial charge in [0.25, 0.3) is 0 Å². The summed E-state index contributed by atoms with van der Waals surface area (Å²) in [7, 11) is 0. The molecule has 0 heterocycles. The first-order chi connectivity index (χ1) is 4.59. The van der Waals surface area contributed by atoms with Gasteiger partial charge in [-0.1, -0.05) is 0 Å². The first kappa shape index (κ1) is 13.2. The summed E-state index contributed by atoms with van der Waals surface area (Å²) in [5, 5.41) is 16.4. The van der Waals surface area contributed by atoms with Crippen LogP contribution >= 0.6 is 0 Å². The molecule has 0 radical (unpaired) electrons. The van der Waals surface area contributed by atoms with Crippen LogP contribution in [0.2, 0.25) is 0 Å². The van der Waals surface area contributed by atoms with E-state index in [0.717, 1.165) is 0 Å². The van der Waals surface area contributed by atoms with Gasteiger partial charge >= 0.3 is 29.6 Å². The first-order valence-corrected chi connectivity index (χ1v) is 2.53.